The summed E-state index contributed by atoms with van der Waals surface area (Å²) in [7, 11) is 0. The van der Waals surface area contributed by atoms with Gasteiger partial charge in [-0.3, -0.25) is 4.79 Å². The van der Waals surface area contributed by atoms with Crippen molar-refractivity contribution in [2.75, 3.05) is 5.32 Å². The van der Waals surface area contributed by atoms with Crippen LogP contribution < -0.4 is 10.1 Å². The maximum absolute atomic E-state index is 12.4. The first-order chi connectivity index (χ1) is 13.9. The first-order valence-corrected chi connectivity index (χ1v) is 8.61. The molecule has 0 unspecified atom stereocenters. The molecule has 0 bridgehead atoms. The van der Waals surface area contributed by atoms with Crippen molar-refractivity contribution in [1.29, 1.82) is 0 Å². The van der Waals surface area contributed by atoms with Crippen LogP contribution in [0.3, 0.4) is 0 Å². The summed E-state index contributed by atoms with van der Waals surface area (Å²) in [5, 5.41) is 21.9. The fraction of sp³-hybridized carbons (Fsp3) is 0.0455. The van der Waals surface area contributed by atoms with Crippen molar-refractivity contribution in [3.05, 3.63) is 89.0 Å². The van der Waals surface area contributed by atoms with Gasteiger partial charge in [0.25, 0.3) is 5.91 Å². The largest absolute Gasteiger partial charge is 0.507 e. The molecule has 1 amide bonds. The Morgan fingerprint density at radius 3 is 2.17 bits per heavy atom. The molecule has 0 saturated heterocycles. The maximum atomic E-state index is 12.4. The number of aryl methyl sites for hydroxylation is 1. The lowest BCUT2D eigenvalue weighted by molar-refractivity contribution is 0.0690. The number of esters is 1. The minimum absolute atomic E-state index is 0.0254. The normalized spacial score (nSPS) is 10.2. The predicted octanol–water partition coefficient (Wildman–Crippen LogP) is 3.87. The monoisotopic (exact) mass is 391 g/mol. The maximum Gasteiger partial charge on any atom is 0.347 e. The van der Waals surface area contributed by atoms with Crippen LogP contribution in [0.4, 0.5) is 5.69 Å². The first-order valence-electron chi connectivity index (χ1n) is 8.61. The molecule has 0 atom stereocenters. The topological polar surface area (TPSA) is 113 Å². The molecule has 0 aromatic heterocycles. The minimum Gasteiger partial charge on any atom is -0.507 e. The van der Waals surface area contributed by atoms with E-state index in [2.05, 4.69) is 5.32 Å². The molecule has 0 aliphatic carbocycles. The average Bonchev–Trinajstić information content (AvgIpc) is 2.69. The summed E-state index contributed by atoms with van der Waals surface area (Å²) < 4.78 is 5.29. The molecule has 3 N–H and O–H groups in total. The molecule has 0 fully saturated rings. The van der Waals surface area contributed by atoms with E-state index >= 15 is 0 Å². The zero-order valence-corrected chi connectivity index (χ0v) is 15.4. The van der Waals surface area contributed by atoms with E-state index in [9.17, 15) is 24.6 Å². The number of nitrogens with one attached hydrogen (secondary N) is 1. The Bertz CT molecular complexity index is 1110. The van der Waals surface area contributed by atoms with Crippen molar-refractivity contribution >= 4 is 23.5 Å². The lowest BCUT2D eigenvalue weighted by atomic mass is 10.1. The number of carboxylic acids is 1. The summed E-state index contributed by atoms with van der Waals surface area (Å²) in [6.45, 7) is 1.79. The number of carboxylic acid groups (broad SMARTS) is 1. The smallest absolute Gasteiger partial charge is 0.347 e. The molecule has 0 heterocycles. The predicted molar refractivity (Wildman–Crippen MR) is 106 cm³/mol. The molecule has 0 radical (unpaired) electrons. The number of ether oxygens (including phenoxy) is 1. The third-order valence-electron chi connectivity index (χ3n) is 4.17. The van der Waals surface area contributed by atoms with Crippen molar-refractivity contribution in [3.63, 3.8) is 0 Å². The van der Waals surface area contributed by atoms with Gasteiger partial charge in [0.15, 0.2) is 0 Å². The summed E-state index contributed by atoms with van der Waals surface area (Å²) in [5.41, 5.74) is 0.717. The van der Waals surface area contributed by atoms with Crippen molar-refractivity contribution in [2.24, 2.45) is 0 Å². The number of anilines is 1. The van der Waals surface area contributed by atoms with Crippen LogP contribution in [0.15, 0.2) is 66.7 Å². The standard InChI is InChI=1S/C22H17NO6/c1-13-6-2-5-9-19(13)29-22(28)17-11-10-14(12-18(17)24)23-20(25)15-7-3-4-8-16(15)21(26)27/h2-12,24H,1H3,(H,23,25)(H,26,27). The first kappa shape index (κ1) is 19.6. The Labute approximate surface area is 166 Å². The van der Waals surface area contributed by atoms with Crippen LogP contribution in [0.2, 0.25) is 0 Å². The lowest BCUT2D eigenvalue weighted by Crippen LogP contribution is -2.16. The van der Waals surface area contributed by atoms with Gasteiger partial charge in [-0.15, -0.1) is 0 Å². The summed E-state index contributed by atoms with van der Waals surface area (Å²) in [5.74, 6) is -2.64. The number of hydrogen-bond acceptors (Lipinski definition) is 5. The van der Waals surface area contributed by atoms with E-state index in [4.69, 9.17) is 4.74 Å². The Hall–Kier alpha value is -4.13. The third kappa shape index (κ3) is 4.41. The van der Waals surface area contributed by atoms with Gasteiger partial charge < -0.3 is 20.3 Å². The van der Waals surface area contributed by atoms with Gasteiger partial charge in [0, 0.05) is 11.8 Å². The summed E-state index contributed by atoms with van der Waals surface area (Å²) in [6.07, 6.45) is 0. The molecule has 0 spiro atoms. The second kappa shape index (κ2) is 8.26. The molecule has 3 aromatic carbocycles. The van der Waals surface area contributed by atoms with Crippen molar-refractivity contribution in [1.82, 2.24) is 0 Å². The van der Waals surface area contributed by atoms with Gasteiger partial charge in [-0.05, 0) is 42.8 Å². The molecule has 0 aliphatic rings. The molecular formula is C22H17NO6. The number of hydrogen-bond donors (Lipinski definition) is 3. The van der Waals surface area contributed by atoms with Gasteiger partial charge in [-0.2, -0.15) is 0 Å². The molecule has 0 saturated carbocycles. The number of aromatic carboxylic acids is 1. The number of amides is 1. The zero-order chi connectivity index (χ0) is 21.0. The molecule has 29 heavy (non-hydrogen) atoms. The summed E-state index contributed by atoms with van der Waals surface area (Å²) in [4.78, 5) is 36.0. The van der Waals surface area contributed by atoms with E-state index in [1.165, 1.54) is 36.4 Å². The second-order valence-electron chi connectivity index (χ2n) is 6.19. The van der Waals surface area contributed by atoms with E-state index in [1.807, 2.05) is 6.07 Å². The summed E-state index contributed by atoms with van der Waals surface area (Å²) >= 11 is 0. The molecule has 3 aromatic rings. The van der Waals surface area contributed by atoms with Crippen LogP contribution in [-0.4, -0.2) is 28.1 Å². The van der Waals surface area contributed by atoms with E-state index in [0.29, 0.717) is 5.75 Å². The number of carbonyl (C=O) groups is 3. The van der Waals surface area contributed by atoms with Gasteiger partial charge in [-0.1, -0.05) is 30.3 Å². The molecule has 3 rings (SSSR count). The quantitative estimate of drug-likeness (QED) is 0.449. The van der Waals surface area contributed by atoms with Gasteiger partial charge in [-0.25, -0.2) is 9.59 Å². The minimum atomic E-state index is -1.23. The van der Waals surface area contributed by atoms with E-state index in [1.54, 1.807) is 31.2 Å². The number of rotatable bonds is 5. The number of phenolic OH excluding ortho intramolecular Hbond substituents is 1. The molecule has 146 valence electrons. The average molecular weight is 391 g/mol. The van der Waals surface area contributed by atoms with Crippen LogP contribution in [0.5, 0.6) is 11.5 Å². The Balaban J connectivity index is 1.78. The number of para-hydroxylation sites is 1. The Morgan fingerprint density at radius 2 is 1.52 bits per heavy atom. The van der Waals surface area contributed by atoms with Crippen LogP contribution in [-0.2, 0) is 0 Å². The van der Waals surface area contributed by atoms with Crippen LogP contribution >= 0.6 is 0 Å². The highest BCUT2D eigenvalue weighted by Gasteiger charge is 2.18. The molecule has 7 heteroatoms. The van der Waals surface area contributed by atoms with Crippen molar-refractivity contribution in [3.8, 4) is 11.5 Å². The molecular weight excluding hydrogens is 374 g/mol. The number of aromatic hydroxyl groups is 1. The van der Waals surface area contributed by atoms with E-state index in [0.717, 1.165) is 5.56 Å². The van der Waals surface area contributed by atoms with E-state index in [-0.39, 0.29) is 28.1 Å². The SMILES string of the molecule is Cc1ccccc1OC(=O)c1ccc(NC(=O)c2ccccc2C(=O)O)cc1O. The molecule has 0 aliphatic heterocycles. The second-order valence-corrected chi connectivity index (χ2v) is 6.19. The highest BCUT2D eigenvalue weighted by atomic mass is 16.5. The fourth-order valence-electron chi connectivity index (χ4n) is 2.67. The Kier molecular flexibility index (Phi) is 5.59. The highest BCUT2D eigenvalue weighted by molar-refractivity contribution is 6.10. The van der Waals surface area contributed by atoms with Crippen LogP contribution in [0, 0.1) is 6.92 Å². The van der Waals surface area contributed by atoms with Crippen LogP contribution in [0.1, 0.15) is 36.6 Å². The fourth-order valence-corrected chi connectivity index (χ4v) is 2.67. The van der Waals surface area contributed by atoms with Crippen molar-refractivity contribution in [2.45, 2.75) is 6.92 Å². The Morgan fingerprint density at radius 1 is 0.862 bits per heavy atom. The van der Waals surface area contributed by atoms with Crippen LogP contribution in [0.25, 0.3) is 0 Å². The lowest BCUT2D eigenvalue weighted by Gasteiger charge is -2.11. The summed E-state index contributed by atoms with van der Waals surface area (Å²) in [6, 6.07) is 16.6. The molecule has 7 nitrogen and oxygen atoms in total. The van der Waals surface area contributed by atoms with Crippen molar-refractivity contribution < 1.29 is 29.3 Å². The number of benzene rings is 3. The number of carbonyl (C=O) groups excluding carboxylic acids is 2. The zero-order valence-electron chi connectivity index (χ0n) is 15.4. The third-order valence-corrected chi connectivity index (χ3v) is 4.17. The highest BCUT2D eigenvalue weighted by Crippen LogP contribution is 2.25. The van der Waals surface area contributed by atoms with E-state index < -0.39 is 17.8 Å². The van der Waals surface area contributed by atoms with Gasteiger partial charge in [0.05, 0.1) is 11.1 Å². The van der Waals surface area contributed by atoms with Gasteiger partial charge >= 0.3 is 11.9 Å². The number of phenols is 1. The van der Waals surface area contributed by atoms with Gasteiger partial charge in [0.2, 0.25) is 0 Å². The van der Waals surface area contributed by atoms with Gasteiger partial charge in [0.1, 0.15) is 17.1 Å².